The maximum absolute atomic E-state index is 16.2. The lowest BCUT2D eigenvalue weighted by molar-refractivity contribution is -0.384. The zero-order chi connectivity index (χ0) is 45.5. The van der Waals surface area contributed by atoms with E-state index in [0.717, 1.165) is 16.2 Å². The van der Waals surface area contributed by atoms with Gasteiger partial charge in [-0.2, -0.15) is 0 Å². The molecule has 15 nitrogen and oxygen atoms in total. The van der Waals surface area contributed by atoms with Gasteiger partial charge in [0.2, 0.25) is 11.8 Å². The molecule has 1 spiro atoms. The number of nitrogens with one attached hydrogen (secondary N) is 1. The van der Waals surface area contributed by atoms with E-state index in [-0.39, 0.29) is 23.7 Å². The summed E-state index contributed by atoms with van der Waals surface area (Å²) in [6, 6.07) is 41.1. The van der Waals surface area contributed by atoms with Gasteiger partial charge in [0, 0.05) is 36.6 Å². The van der Waals surface area contributed by atoms with E-state index in [4.69, 9.17) is 14.2 Å². The molecule has 0 radical (unpaired) electrons. The lowest BCUT2D eigenvalue weighted by Gasteiger charge is -2.46. The zero-order valence-electron chi connectivity index (χ0n) is 35.3. The third-order valence-electron chi connectivity index (χ3n) is 13.1. The lowest BCUT2D eigenvalue weighted by atomic mass is 9.65. The third-order valence-corrected chi connectivity index (χ3v) is 13.1. The van der Waals surface area contributed by atoms with Crippen molar-refractivity contribution in [1.82, 2.24) is 4.90 Å². The molecule has 2 N–H and O–H groups in total. The Kier molecular flexibility index (Phi) is 11.0. The van der Waals surface area contributed by atoms with Crippen LogP contribution in [0.2, 0.25) is 0 Å². The first kappa shape index (κ1) is 42.1. The second-order valence-electron chi connectivity index (χ2n) is 16.6. The highest BCUT2D eigenvalue weighted by atomic mass is 16.6. The number of anilines is 3. The van der Waals surface area contributed by atoms with Gasteiger partial charge >= 0.3 is 12.1 Å². The SMILES string of the molecule is O=C1OC(c2ccccc2)C(c2ccccc2)N2C1C(C(=O)Nc1ccc(N3CCOCC3)cc1)C1(C(=O)N(C(=O)OCc3ccc([N+](=O)[O-])cc3)c3ccccc31)C2c1ccc(O)cc1. The third kappa shape index (κ3) is 7.18. The fraction of sp³-hybridized carbons (Fsp3) is 0.216. The van der Waals surface area contributed by atoms with E-state index in [1.165, 1.54) is 36.4 Å². The smallest absolute Gasteiger partial charge is 0.421 e. The Balaban J connectivity index is 1.15. The molecule has 3 fully saturated rings. The number of rotatable bonds is 9. The van der Waals surface area contributed by atoms with Crippen molar-refractivity contribution in [2.24, 2.45) is 5.92 Å². The fourth-order valence-corrected chi connectivity index (χ4v) is 10.2. The van der Waals surface area contributed by atoms with E-state index in [1.807, 2.05) is 77.7 Å². The molecule has 15 heteroatoms. The normalized spacial score (nSPS) is 23.5. The predicted molar refractivity (Wildman–Crippen MR) is 241 cm³/mol. The number of carbonyl (C=O) groups is 4. The number of fused-ring (bicyclic) bond motifs is 3. The topological polar surface area (TPSA) is 181 Å². The van der Waals surface area contributed by atoms with Crippen LogP contribution in [0.25, 0.3) is 0 Å². The molecule has 6 unspecified atom stereocenters. The van der Waals surface area contributed by atoms with Crippen molar-refractivity contribution in [3.05, 3.63) is 196 Å². The molecule has 6 aromatic rings. The number of non-ortho nitro benzene ring substituents is 1. The van der Waals surface area contributed by atoms with Crippen LogP contribution in [0, 0.1) is 16.0 Å². The van der Waals surface area contributed by atoms with E-state index < -0.39 is 64.4 Å². The van der Waals surface area contributed by atoms with Gasteiger partial charge in [-0.15, -0.1) is 0 Å². The summed E-state index contributed by atoms with van der Waals surface area (Å²) < 4.78 is 17.8. The Morgan fingerprint density at radius 3 is 2.06 bits per heavy atom. The molecule has 0 aliphatic carbocycles. The van der Waals surface area contributed by atoms with Crippen LogP contribution in [0.3, 0.4) is 0 Å². The van der Waals surface area contributed by atoms with Crippen molar-refractivity contribution in [3.63, 3.8) is 0 Å². The number of hydrogen-bond donors (Lipinski definition) is 2. The molecular formula is C51H43N5O10. The second-order valence-corrected chi connectivity index (χ2v) is 16.6. The van der Waals surface area contributed by atoms with Gasteiger partial charge in [-0.1, -0.05) is 91.0 Å². The Hall–Kier alpha value is -7.88. The van der Waals surface area contributed by atoms with Crippen molar-refractivity contribution in [1.29, 1.82) is 0 Å². The standard InChI is InChI=1S/C51H43N5O10/c57-39-25-17-35(18-26-39)46-51(40-13-7-8-14-41(40)54(49(51)60)50(61)65-31-32-15-21-38(22-16-32)56(62)63)42(47(58)52-36-19-23-37(24-20-36)53-27-29-64-30-28-53)44-48(59)66-45(34-11-5-2-6-12-34)43(55(44)46)33-9-3-1-4-10-33/h1-26,42-46,57H,27-31H2,(H,52,58). The van der Waals surface area contributed by atoms with E-state index >= 15 is 14.4 Å². The van der Waals surface area contributed by atoms with Crippen LogP contribution in [-0.2, 0) is 40.6 Å². The second kappa shape index (κ2) is 17.3. The molecule has 6 atom stereocenters. The lowest BCUT2D eigenvalue weighted by Crippen LogP contribution is -2.54. The number of amides is 3. The summed E-state index contributed by atoms with van der Waals surface area (Å²) in [4.78, 5) is 77.4. The van der Waals surface area contributed by atoms with Crippen LogP contribution in [-0.4, -0.2) is 71.2 Å². The van der Waals surface area contributed by atoms with Gasteiger partial charge in [-0.3, -0.25) is 29.4 Å². The molecule has 0 saturated carbocycles. The molecule has 0 aromatic heterocycles. The molecule has 66 heavy (non-hydrogen) atoms. The average Bonchev–Trinajstić information content (AvgIpc) is 3.81. The number of ether oxygens (including phenoxy) is 3. The van der Waals surface area contributed by atoms with E-state index in [2.05, 4.69) is 10.2 Å². The molecule has 4 aliphatic rings. The van der Waals surface area contributed by atoms with Gasteiger partial charge in [-0.05, 0) is 82.4 Å². The Morgan fingerprint density at radius 1 is 0.758 bits per heavy atom. The van der Waals surface area contributed by atoms with Crippen molar-refractivity contribution >= 4 is 46.6 Å². The number of hydrogen-bond acceptors (Lipinski definition) is 12. The van der Waals surface area contributed by atoms with E-state index in [9.17, 15) is 20.0 Å². The van der Waals surface area contributed by atoms with Gasteiger partial charge in [0.25, 0.3) is 5.69 Å². The molecule has 3 saturated heterocycles. The summed E-state index contributed by atoms with van der Waals surface area (Å²) in [5.74, 6) is -3.82. The largest absolute Gasteiger partial charge is 0.508 e. The number of esters is 1. The predicted octanol–water partition coefficient (Wildman–Crippen LogP) is 7.78. The Labute approximate surface area is 378 Å². The first-order valence-corrected chi connectivity index (χ1v) is 21.6. The maximum Gasteiger partial charge on any atom is 0.421 e. The van der Waals surface area contributed by atoms with Crippen LogP contribution < -0.4 is 15.1 Å². The summed E-state index contributed by atoms with van der Waals surface area (Å²) >= 11 is 0. The summed E-state index contributed by atoms with van der Waals surface area (Å²) in [6.07, 6.45) is -1.97. The van der Waals surface area contributed by atoms with Gasteiger partial charge in [-0.25, -0.2) is 9.69 Å². The molecule has 4 aliphatic heterocycles. The van der Waals surface area contributed by atoms with Gasteiger partial charge < -0.3 is 29.5 Å². The minimum Gasteiger partial charge on any atom is -0.508 e. The number of phenolic OH excluding ortho intramolecular Hbond substituents is 1. The van der Waals surface area contributed by atoms with Crippen molar-refractivity contribution < 1.29 is 43.4 Å². The van der Waals surface area contributed by atoms with Crippen LogP contribution in [0.4, 0.5) is 27.5 Å². The fourth-order valence-electron chi connectivity index (χ4n) is 10.2. The monoisotopic (exact) mass is 885 g/mol. The van der Waals surface area contributed by atoms with Gasteiger partial charge in [0.1, 0.15) is 29.9 Å². The number of nitro benzene ring substituents is 1. The molecule has 3 amide bonds. The Bertz CT molecular complexity index is 2810. The van der Waals surface area contributed by atoms with Crippen molar-refractivity contribution in [2.45, 2.75) is 36.3 Å². The summed E-state index contributed by atoms with van der Waals surface area (Å²) in [6.45, 7) is 2.25. The summed E-state index contributed by atoms with van der Waals surface area (Å²) in [7, 11) is 0. The highest BCUT2D eigenvalue weighted by Gasteiger charge is 2.75. The molecule has 6 aromatic carbocycles. The number of benzene rings is 6. The quantitative estimate of drug-likeness (QED) is 0.0819. The molecule has 0 bridgehead atoms. The number of imide groups is 1. The minimum atomic E-state index is -2.01. The number of cyclic esters (lactones) is 1. The van der Waals surface area contributed by atoms with E-state index in [0.29, 0.717) is 54.2 Å². The van der Waals surface area contributed by atoms with Crippen LogP contribution in [0.15, 0.2) is 158 Å². The highest BCUT2D eigenvalue weighted by molar-refractivity contribution is 6.24. The average molecular weight is 886 g/mol. The van der Waals surface area contributed by atoms with Crippen molar-refractivity contribution in [3.8, 4) is 5.75 Å². The van der Waals surface area contributed by atoms with Gasteiger partial charge in [0.05, 0.1) is 41.8 Å². The Morgan fingerprint density at radius 2 is 1.39 bits per heavy atom. The molecule has 332 valence electrons. The summed E-state index contributed by atoms with van der Waals surface area (Å²) in [5, 5.41) is 25.0. The molecule has 4 heterocycles. The zero-order valence-corrected chi connectivity index (χ0v) is 35.3. The van der Waals surface area contributed by atoms with Gasteiger partial charge in [0.15, 0.2) is 0 Å². The molecular weight excluding hydrogens is 843 g/mol. The number of nitrogens with zero attached hydrogens (tertiary/aromatic N) is 4. The number of aromatic hydroxyl groups is 1. The highest BCUT2D eigenvalue weighted by Crippen LogP contribution is 2.66. The first-order valence-electron chi connectivity index (χ1n) is 21.6. The first-order chi connectivity index (χ1) is 32.1. The van der Waals surface area contributed by atoms with Crippen molar-refractivity contribution in [2.75, 3.05) is 41.4 Å². The van der Waals surface area contributed by atoms with Crippen LogP contribution in [0.5, 0.6) is 5.75 Å². The number of nitro groups is 1. The number of morpholine rings is 2. The number of para-hydroxylation sites is 1. The van der Waals surface area contributed by atoms with Crippen LogP contribution in [0.1, 0.15) is 46.0 Å². The maximum atomic E-state index is 16.2. The molecule has 10 rings (SSSR count). The van der Waals surface area contributed by atoms with E-state index in [1.54, 1.807) is 48.5 Å². The van der Waals surface area contributed by atoms with Crippen LogP contribution >= 0.6 is 0 Å². The summed E-state index contributed by atoms with van der Waals surface area (Å²) in [5.41, 5.74) is 1.97. The number of phenols is 1. The number of carbonyl (C=O) groups excluding carboxylic acids is 4. The minimum absolute atomic E-state index is 0.0495.